The van der Waals surface area contributed by atoms with Gasteiger partial charge in [-0.2, -0.15) is 4.39 Å². The summed E-state index contributed by atoms with van der Waals surface area (Å²) in [6, 6.07) is 18.0. The summed E-state index contributed by atoms with van der Waals surface area (Å²) in [4.78, 5) is 15.9. The second-order valence-corrected chi connectivity index (χ2v) is 5.29. The van der Waals surface area contributed by atoms with Gasteiger partial charge in [-0.1, -0.05) is 36.3 Å². The van der Waals surface area contributed by atoms with Crippen LogP contribution in [-0.4, -0.2) is 10.9 Å². The molecule has 2 aromatic carbocycles. The standard InChI is InChI=1S/C21H15FN2O/c1-2-6-15-10-12-16(13-11-15)17-7-3-4-9-19(17)24-21(25)18-8-5-14-23-20(18)22/h3-5,7-14H,1H3,(H,24,25). The molecule has 25 heavy (non-hydrogen) atoms. The number of nitrogens with zero attached hydrogens (tertiary/aromatic N) is 1. The van der Waals surface area contributed by atoms with Crippen molar-refractivity contribution in [3.63, 3.8) is 0 Å². The first-order valence-corrected chi connectivity index (χ1v) is 7.73. The fourth-order valence-electron chi connectivity index (χ4n) is 2.47. The van der Waals surface area contributed by atoms with Crippen molar-refractivity contribution in [1.82, 2.24) is 4.98 Å². The number of anilines is 1. The first-order chi connectivity index (χ1) is 12.2. The molecule has 1 aromatic heterocycles. The summed E-state index contributed by atoms with van der Waals surface area (Å²) in [6.07, 6.45) is 1.31. The van der Waals surface area contributed by atoms with E-state index in [9.17, 15) is 9.18 Å². The highest BCUT2D eigenvalue weighted by molar-refractivity contribution is 6.06. The number of halogens is 1. The maximum atomic E-state index is 13.7. The summed E-state index contributed by atoms with van der Waals surface area (Å²) < 4.78 is 13.7. The molecular weight excluding hydrogens is 315 g/mol. The number of rotatable bonds is 3. The highest BCUT2D eigenvalue weighted by atomic mass is 19.1. The number of amides is 1. The van der Waals surface area contributed by atoms with Gasteiger partial charge < -0.3 is 5.32 Å². The zero-order valence-corrected chi connectivity index (χ0v) is 13.6. The van der Waals surface area contributed by atoms with Gasteiger partial charge in [-0.25, -0.2) is 4.98 Å². The van der Waals surface area contributed by atoms with Crippen LogP contribution in [0.3, 0.4) is 0 Å². The van der Waals surface area contributed by atoms with E-state index in [0.717, 1.165) is 16.7 Å². The first-order valence-electron chi connectivity index (χ1n) is 7.73. The first kappa shape index (κ1) is 16.4. The Labute approximate surface area is 145 Å². The summed E-state index contributed by atoms with van der Waals surface area (Å²) in [7, 11) is 0. The summed E-state index contributed by atoms with van der Waals surface area (Å²) in [6.45, 7) is 1.79. The summed E-state index contributed by atoms with van der Waals surface area (Å²) >= 11 is 0. The van der Waals surface area contributed by atoms with Gasteiger partial charge in [-0.05, 0) is 42.8 Å². The molecule has 4 heteroatoms. The van der Waals surface area contributed by atoms with Crippen LogP contribution in [0.15, 0.2) is 66.9 Å². The molecule has 3 aromatic rings. The van der Waals surface area contributed by atoms with Crippen LogP contribution in [0.25, 0.3) is 11.1 Å². The molecule has 1 heterocycles. The average molecular weight is 330 g/mol. The van der Waals surface area contributed by atoms with Gasteiger partial charge in [-0.3, -0.25) is 4.79 Å². The normalized spacial score (nSPS) is 9.84. The highest BCUT2D eigenvalue weighted by Crippen LogP contribution is 2.28. The van der Waals surface area contributed by atoms with E-state index in [1.165, 1.54) is 18.3 Å². The Balaban J connectivity index is 1.92. The van der Waals surface area contributed by atoms with Crippen LogP contribution in [0.1, 0.15) is 22.8 Å². The number of pyridine rings is 1. The largest absolute Gasteiger partial charge is 0.321 e. The SMILES string of the molecule is CC#Cc1ccc(-c2ccccc2NC(=O)c2cccnc2F)cc1. The molecular formula is C21H15FN2O. The van der Waals surface area contributed by atoms with Crippen molar-refractivity contribution in [3.05, 3.63) is 83.9 Å². The zero-order chi connectivity index (χ0) is 17.6. The predicted molar refractivity (Wildman–Crippen MR) is 96.6 cm³/mol. The number of carbonyl (C=O) groups excluding carboxylic acids is 1. The molecule has 0 bridgehead atoms. The summed E-state index contributed by atoms with van der Waals surface area (Å²) in [5.41, 5.74) is 3.21. The molecule has 3 rings (SSSR count). The quantitative estimate of drug-likeness (QED) is 0.567. The Bertz CT molecular complexity index is 969. The lowest BCUT2D eigenvalue weighted by atomic mass is 10.0. The van der Waals surface area contributed by atoms with Gasteiger partial charge >= 0.3 is 0 Å². The lowest BCUT2D eigenvalue weighted by molar-refractivity contribution is 0.102. The van der Waals surface area contributed by atoms with Gasteiger partial charge in [0.2, 0.25) is 5.95 Å². The van der Waals surface area contributed by atoms with Gasteiger partial charge in [0, 0.05) is 23.0 Å². The number of carbonyl (C=O) groups is 1. The van der Waals surface area contributed by atoms with E-state index < -0.39 is 11.9 Å². The molecule has 0 saturated heterocycles. The van der Waals surface area contributed by atoms with E-state index in [-0.39, 0.29) is 5.56 Å². The second-order valence-electron chi connectivity index (χ2n) is 5.29. The molecule has 0 atom stereocenters. The second kappa shape index (κ2) is 7.41. The van der Waals surface area contributed by atoms with E-state index in [4.69, 9.17) is 0 Å². The molecule has 0 aliphatic rings. The van der Waals surface area contributed by atoms with Crippen LogP contribution in [0.2, 0.25) is 0 Å². The Kier molecular flexibility index (Phi) is 4.87. The predicted octanol–water partition coefficient (Wildman–Crippen LogP) is 4.51. The molecule has 0 fully saturated rings. The minimum Gasteiger partial charge on any atom is -0.321 e. The smallest absolute Gasteiger partial charge is 0.260 e. The molecule has 122 valence electrons. The minimum absolute atomic E-state index is 0.0918. The third-order valence-electron chi connectivity index (χ3n) is 3.64. The number of hydrogen-bond acceptors (Lipinski definition) is 2. The van der Waals surface area contributed by atoms with Gasteiger partial charge in [0.1, 0.15) is 0 Å². The molecule has 1 amide bonds. The number of benzene rings is 2. The van der Waals surface area contributed by atoms with Crippen molar-refractivity contribution in [2.45, 2.75) is 6.92 Å². The van der Waals surface area contributed by atoms with Crippen molar-refractivity contribution in [1.29, 1.82) is 0 Å². The third kappa shape index (κ3) is 3.73. The Morgan fingerprint density at radius 1 is 1.04 bits per heavy atom. The lowest BCUT2D eigenvalue weighted by Gasteiger charge is -2.11. The van der Waals surface area contributed by atoms with Crippen LogP contribution >= 0.6 is 0 Å². The highest BCUT2D eigenvalue weighted by Gasteiger charge is 2.14. The van der Waals surface area contributed by atoms with Crippen LogP contribution in [0, 0.1) is 17.8 Å². The third-order valence-corrected chi connectivity index (χ3v) is 3.64. The van der Waals surface area contributed by atoms with Gasteiger partial charge in [0.25, 0.3) is 5.91 Å². The van der Waals surface area contributed by atoms with E-state index in [0.29, 0.717) is 5.69 Å². The zero-order valence-electron chi connectivity index (χ0n) is 13.6. The summed E-state index contributed by atoms with van der Waals surface area (Å²) in [5.74, 6) is 4.52. The van der Waals surface area contributed by atoms with Crippen LogP contribution in [0.4, 0.5) is 10.1 Å². The van der Waals surface area contributed by atoms with Gasteiger partial charge in [0.15, 0.2) is 0 Å². The van der Waals surface area contributed by atoms with Gasteiger partial charge in [-0.15, -0.1) is 5.92 Å². The van der Waals surface area contributed by atoms with E-state index in [1.807, 2.05) is 42.5 Å². The van der Waals surface area contributed by atoms with E-state index in [2.05, 4.69) is 22.1 Å². The molecule has 0 radical (unpaired) electrons. The molecule has 1 N–H and O–H groups in total. The Hall–Kier alpha value is -3.45. The number of para-hydroxylation sites is 1. The van der Waals surface area contributed by atoms with Crippen molar-refractivity contribution in [3.8, 4) is 23.0 Å². The van der Waals surface area contributed by atoms with Crippen LogP contribution in [-0.2, 0) is 0 Å². The van der Waals surface area contributed by atoms with Crippen LogP contribution in [0.5, 0.6) is 0 Å². The molecule has 0 unspecified atom stereocenters. The fraction of sp³-hybridized carbons (Fsp3) is 0.0476. The number of hydrogen-bond donors (Lipinski definition) is 1. The Morgan fingerprint density at radius 3 is 2.52 bits per heavy atom. The number of aromatic nitrogens is 1. The maximum absolute atomic E-state index is 13.7. The van der Waals surface area contributed by atoms with E-state index >= 15 is 0 Å². The van der Waals surface area contributed by atoms with Crippen LogP contribution < -0.4 is 5.32 Å². The lowest BCUT2D eigenvalue weighted by Crippen LogP contribution is -2.15. The van der Waals surface area contributed by atoms with Crippen molar-refractivity contribution in [2.24, 2.45) is 0 Å². The minimum atomic E-state index is -0.792. The Morgan fingerprint density at radius 2 is 1.80 bits per heavy atom. The molecule has 3 nitrogen and oxygen atoms in total. The number of nitrogens with one attached hydrogen (secondary N) is 1. The topological polar surface area (TPSA) is 42.0 Å². The van der Waals surface area contributed by atoms with Crippen molar-refractivity contribution >= 4 is 11.6 Å². The van der Waals surface area contributed by atoms with Crippen molar-refractivity contribution in [2.75, 3.05) is 5.32 Å². The molecule has 0 aliphatic carbocycles. The van der Waals surface area contributed by atoms with Gasteiger partial charge in [0.05, 0.1) is 5.56 Å². The van der Waals surface area contributed by atoms with E-state index in [1.54, 1.807) is 13.0 Å². The summed E-state index contributed by atoms with van der Waals surface area (Å²) in [5, 5.41) is 2.76. The van der Waals surface area contributed by atoms with Crippen molar-refractivity contribution < 1.29 is 9.18 Å². The fourth-order valence-corrected chi connectivity index (χ4v) is 2.47. The molecule has 0 spiro atoms. The molecule has 0 saturated carbocycles. The average Bonchev–Trinajstić information content (AvgIpc) is 2.63. The maximum Gasteiger partial charge on any atom is 0.260 e. The molecule has 0 aliphatic heterocycles. The monoisotopic (exact) mass is 330 g/mol.